The molecule has 3 N–H and O–H groups in total. The molecule has 0 spiro atoms. The minimum atomic E-state index is -0.907. The Morgan fingerprint density at radius 2 is 1.75 bits per heavy atom. The fourth-order valence-electron chi connectivity index (χ4n) is 1.07. The Labute approximate surface area is 96.6 Å². The zero-order valence-electron chi connectivity index (χ0n) is 10.4. The van der Waals surface area contributed by atoms with Crippen LogP contribution in [0, 0.1) is 11.8 Å². The van der Waals surface area contributed by atoms with Gasteiger partial charge in [0.25, 0.3) is 0 Å². The highest BCUT2D eigenvalue weighted by Gasteiger charge is 2.20. The second-order valence-corrected chi connectivity index (χ2v) is 4.50. The Balaban J connectivity index is 3.82. The molecule has 0 saturated carbocycles. The van der Waals surface area contributed by atoms with Gasteiger partial charge in [0, 0.05) is 12.6 Å². The van der Waals surface area contributed by atoms with Gasteiger partial charge < -0.3 is 15.7 Å². The van der Waals surface area contributed by atoms with Crippen molar-refractivity contribution in [1.82, 2.24) is 10.6 Å². The summed E-state index contributed by atoms with van der Waals surface area (Å²) in [6, 6.07) is -0.683. The minimum absolute atomic E-state index is 0.304. The summed E-state index contributed by atoms with van der Waals surface area (Å²) >= 11 is 0. The van der Waals surface area contributed by atoms with Crippen LogP contribution >= 0.6 is 0 Å². The second-order valence-electron chi connectivity index (χ2n) is 4.50. The second kappa shape index (κ2) is 7.09. The topological polar surface area (TPSA) is 78.4 Å². The summed E-state index contributed by atoms with van der Waals surface area (Å²) in [6.07, 6.45) is 0.913. The van der Waals surface area contributed by atoms with Crippen LogP contribution in [0.3, 0.4) is 0 Å². The number of rotatable bonds is 6. The molecule has 0 aromatic carbocycles. The van der Waals surface area contributed by atoms with Gasteiger partial charge in [-0.25, -0.2) is 4.79 Å². The zero-order chi connectivity index (χ0) is 12.7. The van der Waals surface area contributed by atoms with Crippen molar-refractivity contribution in [3.8, 4) is 0 Å². The number of amides is 2. The Hall–Kier alpha value is -1.26. The molecule has 2 atom stereocenters. The molecule has 0 heterocycles. The van der Waals surface area contributed by atoms with Crippen molar-refractivity contribution in [2.45, 2.75) is 40.2 Å². The molecule has 0 aromatic rings. The van der Waals surface area contributed by atoms with E-state index in [0.717, 1.165) is 6.42 Å². The molecule has 5 heteroatoms. The van der Waals surface area contributed by atoms with Crippen LogP contribution in [0.15, 0.2) is 0 Å². The van der Waals surface area contributed by atoms with Crippen LogP contribution < -0.4 is 10.6 Å². The highest BCUT2D eigenvalue weighted by atomic mass is 16.4. The van der Waals surface area contributed by atoms with Gasteiger partial charge in [-0.15, -0.1) is 0 Å². The van der Waals surface area contributed by atoms with Gasteiger partial charge in [-0.3, -0.25) is 4.79 Å². The molecule has 0 fully saturated rings. The van der Waals surface area contributed by atoms with Gasteiger partial charge >= 0.3 is 12.0 Å². The van der Waals surface area contributed by atoms with E-state index in [4.69, 9.17) is 5.11 Å². The lowest BCUT2D eigenvalue weighted by molar-refractivity contribution is -0.141. The fourth-order valence-corrected chi connectivity index (χ4v) is 1.07. The molecular formula is C11H22N2O3. The molecule has 0 aliphatic carbocycles. The molecule has 2 amide bonds. The van der Waals surface area contributed by atoms with Crippen LogP contribution in [0.4, 0.5) is 4.79 Å². The van der Waals surface area contributed by atoms with Crippen LogP contribution in [-0.4, -0.2) is 29.7 Å². The zero-order valence-corrected chi connectivity index (χ0v) is 10.4. The van der Waals surface area contributed by atoms with Crippen LogP contribution in [-0.2, 0) is 4.79 Å². The minimum Gasteiger partial charge on any atom is -0.481 e. The van der Waals surface area contributed by atoms with E-state index in [-0.39, 0.29) is 12.1 Å². The summed E-state index contributed by atoms with van der Waals surface area (Å²) in [6.45, 7) is 8.02. The van der Waals surface area contributed by atoms with Gasteiger partial charge in [-0.2, -0.15) is 0 Å². The monoisotopic (exact) mass is 230 g/mol. The molecule has 0 saturated heterocycles. The SMILES string of the molecule is CC(C)CCNC(=O)NC(C)C(C)C(=O)O. The van der Waals surface area contributed by atoms with Crippen molar-refractivity contribution >= 4 is 12.0 Å². The first-order valence-electron chi connectivity index (χ1n) is 5.61. The van der Waals surface area contributed by atoms with Crippen molar-refractivity contribution in [3.05, 3.63) is 0 Å². The van der Waals surface area contributed by atoms with Crippen LogP contribution in [0.2, 0.25) is 0 Å². The van der Waals surface area contributed by atoms with E-state index < -0.39 is 11.9 Å². The van der Waals surface area contributed by atoms with Gasteiger partial charge in [-0.1, -0.05) is 13.8 Å². The highest BCUT2D eigenvalue weighted by Crippen LogP contribution is 2.02. The molecule has 16 heavy (non-hydrogen) atoms. The first-order chi connectivity index (χ1) is 7.34. The molecule has 94 valence electrons. The third-order valence-corrected chi connectivity index (χ3v) is 2.51. The maximum absolute atomic E-state index is 11.3. The fraction of sp³-hybridized carbons (Fsp3) is 0.818. The van der Waals surface area contributed by atoms with E-state index in [0.29, 0.717) is 12.5 Å². The summed E-state index contributed by atoms with van der Waals surface area (Å²) in [7, 11) is 0. The molecule has 0 radical (unpaired) electrons. The van der Waals surface area contributed by atoms with Crippen molar-refractivity contribution in [3.63, 3.8) is 0 Å². The lowest BCUT2D eigenvalue weighted by Crippen LogP contribution is -2.45. The lowest BCUT2D eigenvalue weighted by Gasteiger charge is -2.18. The van der Waals surface area contributed by atoms with E-state index in [9.17, 15) is 9.59 Å². The highest BCUT2D eigenvalue weighted by molar-refractivity contribution is 5.76. The first-order valence-corrected chi connectivity index (χ1v) is 5.61. The number of carbonyl (C=O) groups excluding carboxylic acids is 1. The third kappa shape index (κ3) is 6.27. The first kappa shape index (κ1) is 14.7. The van der Waals surface area contributed by atoms with E-state index >= 15 is 0 Å². The Bertz CT molecular complexity index is 241. The number of urea groups is 1. The summed E-state index contributed by atoms with van der Waals surface area (Å²) in [5.74, 6) is -0.957. The summed E-state index contributed by atoms with van der Waals surface area (Å²) in [4.78, 5) is 22.0. The van der Waals surface area contributed by atoms with E-state index in [2.05, 4.69) is 24.5 Å². The Kier molecular flexibility index (Phi) is 6.53. The van der Waals surface area contributed by atoms with Gasteiger partial charge in [0.05, 0.1) is 5.92 Å². The van der Waals surface area contributed by atoms with Crippen molar-refractivity contribution in [1.29, 1.82) is 0 Å². The smallest absolute Gasteiger partial charge is 0.315 e. The number of carbonyl (C=O) groups is 2. The van der Waals surface area contributed by atoms with Gasteiger partial charge in [-0.05, 0) is 26.2 Å². The number of aliphatic carboxylic acids is 1. The van der Waals surface area contributed by atoms with Crippen LogP contribution in [0.5, 0.6) is 0 Å². The quantitative estimate of drug-likeness (QED) is 0.646. The summed E-state index contributed by atoms with van der Waals surface area (Å²) < 4.78 is 0. The largest absolute Gasteiger partial charge is 0.481 e. The van der Waals surface area contributed by atoms with Crippen molar-refractivity contribution in [2.75, 3.05) is 6.54 Å². The number of carboxylic acids is 1. The average Bonchev–Trinajstić information content (AvgIpc) is 2.15. The Morgan fingerprint density at radius 1 is 1.19 bits per heavy atom. The van der Waals surface area contributed by atoms with Crippen LogP contribution in [0.25, 0.3) is 0 Å². The standard InChI is InChI=1S/C11H22N2O3/c1-7(2)5-6-12-11(16)13-9(4)8(3)10(14)15/h7-9H,5-6H2,1-4H3,(H,14,15)(H2,12,13,16). The molecule has 0 rings (SSSR count). The normalized spacial score (nSPS) is 14.3. The van der Waals surface area contributed by atoms with Crippen molar-refractivity contribution < 1.29 is 14.7 Å². The molecule has 0 aliphatic rings. The van der Waals surface area contributed by atoms with Crippen molar-refractivity contribution in [2.24, 2.45) is 11.8 Å². The van der Waals surface area contributed by atoms with E-state index in [1.165, 1.54) is 0 Å². The van der Waals surface area contributed by atoms with Gasteiger partial charge in [0.1, 0.15) is 0 Å². The average molecular weight is 230 g/mol. The van der Waals surface area contributed by atoms with Crippen LogP contribution in [0.1, 0.15) is 34.1 Å². The molecule has 2 unspecified atom stereocenters. The number of nitrogens with one attached hydrogen (secondary N) is 2. The predicted molar refractivity (Wildman–Crippen MR) is 62.3 cm³/mol. The summed E-state index contributed by atoms with van der Waals surface area (Å²) in [5, 5.41) is 14.0. The predicted octanol–water partition coefficient (Wildman–Crippen LogP) is 1.44. The Morgan fingerprint density at radius 3 is 2.19 bits per heavy atom. The number of hydrogen-bond donors (Lipinski definition) is 3. The molecule has 0 aliphatic heterocycles. The lowest BCUT2D eigenvalue weighted by atomic mass is 10.0. The van der Waals surface area contributed by atoms with Gasteiger partial charge in [0.2, 0.25) is 0 Å². The number of hydrogen-bond acceptors (Lipinski definition) is 2. The summed E-state index contributed by atoms with van der Waals surface area (Å²) in [5.41, 5.74) is 0. The third-order valence-electron chi connectivity index (χ3n) is 2.51. The molecule has 0 aromatic heterocycles. The molecular weight excluding hydrogens is 208 g/mol. The maximum Gasteiger partial charge on any atom is 0.315 e. The maximum atomic E-state index is 11.3. The number of carboxylic acid groups (broad SMARTS) is 1. The van der Waals surface area contributed by atoms with E-state index in [1.54, 1.807) is 13.8 Å². The van der Waals surface area contributed by atoms with Gasteiger partial charge in [0.15, 0.2) is 0 Å². The van der Waals surface area contributed by atoms with E-state index in [1.807, 2.05) is 0 Å². The molecule has 0 bridgehead atoms. The molecule has 5 nitrogen and oxygen atoms in total.